The van der Waals surface area contributed by atoms with Crippen LogP contribution in [0.5, 0.6) is 0 Å². The summed E-state index contributed by atoms with van der Waals surface area (Å²) in [4.78, 5) is 13.7. The number of nitrogens with zero attached hydrogens (tertiary/aromatic N) is 3. The molecule has 5 nitrogen and oxygen atoms in total. The van der Waals surface area contributed by atoms with Crippen LogP contribution in [-0.2, 0) is 4.79 Å². The highest BCUT2D eigenvalue weighted by atomic mass is 79.9. The van der Waals surface area contributed by atoms with Crippen LogP contribution < -0.4 is 5.32 Å². The minimum Gasteiger partial charge on any atom is -0.376 e. The zero-order valence-electron chi connectivity index (χ0n) is 11.9. The Hall–Kier alpha value is -2.05. The van der Waals surface area contributed by atoms with E-state index in [0.717, 1.165) is 15.7 Å². The molecular weight excluding hydrogens is 332 g/mol. The molecule has 0 aliphatic rings. The molecule has 1 aromatic rings. The van der Waals surface area contributed by atoms with Gasteiger partial charge in [0.15, 0.2) is 0 Å². The molecule has 0 saturated heterocycles. The molecule has 1 N–H and O–H groups in total. The van der Waals surface area contributed by atoms with Crippen LogP contribution in [0.4, 0.5) is 5.69 Å². The van der Waals surface area contributed by atoms with E-state index in [4.69, 9.17) is 10.5 Å². The number of halogens is 1. The SMILES string of the molecule is Cc1ccc(Br)cc1NCC(=O)N(CCC#N)CCC#N. The Morgan fingerprint density at radius 1 is 1.29 bits per heavy atom. The van der Waals surface area contributed by atoms with Gasteiger partial charge in [0.1, 0.15) is 0 Å². The second-order valence-electron chi connectivity index (χ2n) is 4.51. The Morgan fingerprint density at radius 2 is 1.90 bits per heavy atom. The van der Waals surface area contributed by atoms with E-state index < -0.39 is 0 Å². The maximum Gasteiger partial charge on any atom is 0.241 e. The van der Waals surface area contributed by atoms with Crippen molar-refractivity contribution in [2.75, 3.05) is 25.0 Å². The van der Waals surface area contributed by atoms with Gasteiger partial charge < -0.3 is 10.2 Å². The van der Waals surface area contributed by atoms with E-state index in [2.05, 4.69) is 21.2 Å². The van der Waals surface area contributed by atoms with Crippen LogP contribution in [-0.4, -0.2) is 30.4 Å². The highest BCUT2D eigenvalue weighted by Gasteiger charge is 2.13. The molecule has 1 rings (SSSR count). The molecule has 0 aliphatic heterocycles. The third kappa shape index (κ3) is 5.85. The van der Waals surface area contributed by atoms with Crippen molar-refractivity contribution in [2.24, 2.45) is 0 Å². The molecule has 0 radical (unpaired) electrons. The number of anilines is 1. The quantitative estimate of drug-likeness (QED) is 0.821. The molecule has 110 valence electrons. The van der Waals surface area contributed by atoms with Crippen molar-refractivity contribution >= 4 is 27.5 Å². The highest BCUT2D eigenvalue weighted by molar-refractivity contribution is 9.10. The van der Waals surface area contributed by atoms with Crippen LogP contribution in [0.15, 0.2) is 22.7 Å². The molecular formula is C15H17BrN4O. The molecule has 0 spiro atoms. The van der Waals surface area contributed by atoms with Crippen LogP contribution in [0.1, 0.15) is 18.4 Å². The lowest BCUT2D eigenvalue weighted by Gasteiger charge is -2.21. The number of hydrogen-bond acceptors (Lipinski definition) is 4. The maximum atomic E-state index is 12.2. The van der Waals surface area contributed by atoms with Crippen molar-refractivity contribution < 1.29 is 4.79 Å². The minimum absolute atomic E-state index is 0.111. The fraction of sp³-hybridized carbons (Fsp3) is 0.400. The van der Waals surface area contributed by atoms with E-state index in [1.807, 2.05) is 37.3 Å². The largest absolute Gasteiger partial charge is 0.376 e. The van der Waals surface area contributed by atoms with Gasteiger partial charge in [0.2, 0.25) is 5.91 Å². The van der Waals surface area contributed by atoms with Crippen LogP contribution in [0.2, 0.25) is 0 Å². The van der Waals surface area contributed by atoms with Gasteiger partial charge in [0.05, 0.1) is 31.5 Å². The second-order valence-corrected chi connectivity index (χ2v) is 5.43. The number of nitrogens with one attached hydrogen (secondary N) is 1. The predicted octanol–water partition coefficient (Wildman–Crippen LogP) is 2.83. The molecule has 1 aromatic carbocycles. The van der Waals surface area contributed by atoms with E-state index in [9.17, 15) is 4.79 Å². The summed E-state index contributed by atoms with van der Waals surface area (Å²) in [6.45, 7) is 2.82. The molecule has 0 bridgehead atoms. The number of hydrogen-bond donors (Lipinski definition) is 1. The first-order valence-corrected chi connectivity index (χ1v) is 7.39. The zero-order chi connectivity index (χ0) is 15.7. The van der Waals surface area contributed by atoms with Crippen molar-refractivity contribution in [3.05, 3.63) is 28.2 Å². The maximum absolute atomic E-state index is 12.2. The first kappa shape index (κ1) is 17.0. The number of nitriles is 2. The van der Waals surface area contributed by atoms with Gasteiger partial charge in [-0.25, -0.2) is 0 Å². The summed E-state index contributed by atoms with van der Waals surface area (Å²) in [5, 5.41) is 20.3. The summed E-state index contributed by atoms with van der Waals surface area (Å²) in [6.07, 6.45) is 0.542. The summed E-state index contributed by atoms with van der Waals surface area (Å²) in [7, 11) is 0. The number of amides is 1. The number of rotatable bonds is 7. The van der Waals surface area contributed by atoms with E-state index in [0.29, 0.717) is 13.1 Å². The van der Waals surface area contributed by atoms with Crippen molar-refractivity contribution in [2.45, 2.75) is 19.8 Å². The fourth-order valence-corrected chi connectivity index (χ4v) is 2.16. The lowest BCUT2D eigenvalue weighted by molar-refractivity contribution is -0.129. The van der Waals surface area contributed by atoms with Gasteiger partial charge in [-0.15, -0.1) is 0 Å². The standard InChI is InChI=1S/C15H17BrN4O/c1-12-4-5-13(16)10-14(12)19-11-15(21)20(8-2-6-17)9-3-7-18/h4-5,10,19H,2-3,8-9,11H2,1H3. The first-order valence-electron chi connectivity index (χ1n) is 6.60. The van der Waals surface area contributed by atoms with Gasteiger partial charge in [-0.2, -0.15) is 10.5 Å². The Bertz CT molecular complexity index is 556. The third-order valence-electron chi connectivity index (χ3n) is 2.97. The Morgan fingerprint density at radius 3 is 2.48 bits per heavy atom. The molecule has 0 atom stereocenters. The topological polar surface area (TPSA) is 79.9 Å². The molecule has 0 aromatic heterocycles. The molecule has 0 heterocycles. The van der Waals surface area contributed by atoms with Crippen molar-refractivity contribution in [3.63, 3.8) is 0 Å². The molecule has 0 fully saturated rings. The van der Waals surface area contributed by atoms with E-state index >= 15 is 0 Å². The molecule has 0 aliphatic carbocycles. The highest BCUT2D eigenvalue weighted by Crippen LogP contribution is 2.20. The van der Waals surface area contributed by atoms with Crippen molar-refractivity contribution in [1.82, 2.24) is 4.90 Å². The smallest absolute Gasteiger partial charge is 0.241 e. The number of carbonyl (C=O) groups excluding carboxylic acids is 1. The number of carbonyl (C=O) groups is 1. The van der Waals surface area contributed by atoms with Gasteiger partial charge in [0, 0.05) is 23.2 Å². The van der Waals surface area contributed by atoms with E-state index in [-0.39, 0.29) is 25.3 Å². The fourth-order valence-electron chi connectivity index (χ4n) is 1.80. The molecule has 0 saturated carbocycles. The van der Waals surface area contributed by atoms with Gasteiger partial charge in [0.25, 0.3) is 0 Å². The molecule has 0 unspecified atom stereocenters. The van der Waals surface area contributed by atoms with Crippen LogP contribution in [0, 0.1) is 29.6 Å². The second kappa shape index (κ2) is 8.99. The van der Waals surface area contributed by atoms with Crippen LogP contribution >= 0.6 is 15.9 Å². The average Bonchev–Trinajstić information content (AvgIpc) is 2.48. The Balaban J connectivity index is 2.62. The number of aryl methyl sites for hydroxylation is 1. The van der Waals surface area contributed by atoms with E-state index in [1.54, 1.807) is 4.90 Å². The normalized spacial score (nSPS) is 9.52. The molecule has 1 amide bonds. The lowest BCUT2D eigenvalue weighted by Crippen LogP contribution is -2.37. The summed E-state index contributed by atoms with van der Waals surface area (Å²) >= 11 is 3.39. The summed E-state index contributed by atoms with van der Waals surface area (Å²) < 4.78 is 0.939. The zero-order valence-corrected chi connectivity index (χ0v) is 13.5. The average molecular weight is 349 g/mol. The van der Waals surface area contributed by atoms with Gasteiger partial charge in [-0.1, -0.05) is 22.0 Å². The van der Waals surface area contributed by atoms with Crippen molar-refractivity contribution in [1.29, 1.82) is 10.5 Å². The van der Waals surface area contributed by atoms with Crippen LogP contribution in [0.25, 0.3) is 0 Å². The van der Waals surface area contributed by atoms with E-state index in [1.165, 1.54) is 0 Å². The summed E-state index contributed by atoms with van der Waals surface area (Å²) in [6, 6.07) is 9.84. The number of benzene rings is 1. The Labute approximate surface area is 133 Å². The summed E-state index contributed by atoms with van der Waals surface area (Å²) in [5.41, 5.74) is 1.94. The Kier molecular flexibility index (Phi) is 7.28. The summed E-state index contributed by atoms with van der Waals surface area (Å²) in [5.74, 6) is -0.111. The van der Waals surface area contributed by atoms with Crippen molar-refractivity contribution in [3.8, 4) is 12.1 Å². The minimum atomic E-state index is -0.111. The van der Waals surface area contributed by atoms with Gasteiger partial charge in [-0.05, 0) is 24.6 Å². The third-order valence-corrected chi connectivity index (χ3v) is 3.46. The first-order chi connectivity index (χ1) is 10.1. The molecule has 21 heavy (non-hydrogen) atoms. The molecule has 6 heteroatoms. The van der Waals surface area contributed by atoms with Gasteiger partial charge >= 0.3 is 0 Å². The van der Waals surface area contributed by atoms with Crippen LogP contribution in [0.3, 0.4) is 0 Å². The lowest BCUT2D eigenvalue weighted by atomic mass is 10.2. The van der Waals surface area contributed by atoms with Gasteiger partial charge in [-0.3, -0.25) is 4.79 Å². The monoisotopic (exact) mass is 348 g/mol. The predicted molar refractivity (Wildman–Crippen MR) is 84.4 cm³/mol.